The zero-order valence-corrected chi connectivity index (χ0v) is 11.0. The predicted molar refractivity (Wildman–Crippen MR) is 73.4 cm³/mol. The Kier molecular flexibility index (Phi) is 2.67. The Labute approximate surface area is 111 Å². The minimum Gasteiger partial charge on any atom is -0.207 e. The summed E-state index contributed by atoms with van der Waals surface area (Å²) in [5, 5.41) is 0.809. The van der Waals surface area contributed by atoms with Crippen LogP contribution in [0.1, 0.15) is 25.3 Å². The fraction of sp³-hybridized carbons (Fsp3) is 0.250. The van der Waals surface area contributed by atoms with E-state index in [1.165, 1.54) is 30.5 Å². The molecule has 2 heteroatoms. The highest BCUT2D eigenvalue weighted by molar-refractivity contribution is 6.34. The molecule has 0 atom stereocenters. The minimum absolute atomic E-state index is 0.222. The fourth-order valence-electron chi connectivity index (χ4n) is 2.31. The maximum absolute atomic E-state index is 12.9. The molecule has 3 rings (SSSR count). The van der Waals surface area contributed by atoms with E-state index in [-0.39, 0.29) is 11.2 Å². The van der Waals surface area contributed by atoms with Crippen molar-refractivity contribution in [1.82, 2.24) is 0 Å². The topological polar surface area (TPSA) is 0 Å². The van der Waals surface area contributed by atoms with E-state index < -0.39 is 0 Å². The number of benzene rings is 2. The van der Waals surface area contributed by atoms with Crippen LogP contribution >= 0.6 is 11.6 Å². The van der Waals surface area contributed by atoms with Gasteiger partial charge in [0.05, 0.1) is 5.02 Å². The molecule has 0 bridgehead atoms. The molecule has 1 aliphatic carbocycles. The van der Waals surface area contributed by atoms with E-state index in [0.29, 0.717) is 0 Å². The first kappa shape index (κ1) is 11.7. The molecule has 1 fully saturated rings. The van der Waals surface area contributed by atoms with Gasteiger partial charge in [0.15, 0.2) is 0 Å². The molecule has 1 saturated carbocycles. The maximum atomic E-state index is 12.9. The van der Waals surface area contributed by atoms with E-state index in [4.69, 9.17) is 11.6 Å². The molecular weight excluding hydrogens is 247 g/mol. The molecule has 0 spiro atoms. The lowest BCUT2D eigenvalue weighted by Crippen LogP contribution is -2.01. The van der Waals surface area contributed by atoms with E-state index in [2.05, 4.69) is 13.0 Å². The van der Waals surface area contributed by atoms with Gasteiger partial charge in [-0.2, -0.15) is 0 Å². The van der Waals surface area contributed by atoms with E-state index in [1.54, 1.807) is 12.1 Å². The van der Waals surface area contributed by atoms with Crippen LogP contribution in [-0.4, -0.2) is 0 Å². The lowest BCUT2D eigenvalue weighted by Gasteiger charge is -2.14. The van der Waals surface area contributed by atoms with Crippen molar-refractivity contribution in [1.29, 1.82) is 0 Å². The van der Waals surface area contributed by atoms with Crippen LogP contribution in [0.2, 0.25) is 5.02 Å². The SMILES string of the molecule is CC1(c2cccc(-c3ccc(F)cc3)c2Cl)CC1. The summed E-state index contributed by atoms with van der Waals surface area (Å²) >= 11 is 6.51. The van der Waals surface area contributed by atoms with E-state index in [0.717, 1.165) is 16.1 Å². The first-order valence-electron chi connectivity index (χ1n) is 6.15. The summed E-state index contributed by atoms with van der Waals surface area (Å²) in [5.41, 5.74) is 3.41. The molecule has 0 aliphatic heterocycles. The number of hydrogen-bond acceptors (Lipinski definition) is 0. The molecule has 0 N–H and O–H groups in total. The number of hydrogen-bond donors (Lipinski definition) is 0. The monoisotopic (exact) mass is 260 g/mol. The van der Waals surface area contributed by atoms with Crippen molar-refractivity contribution in [2.24, 2.45) is 0 Å². The van der Waals surface area contributed by atoms with Gasteiger partial charge in [-0.15, -0.1) is 0 Å². The molecule has 0 nitrogen and oxygen atoms in total. The van der Waals surface area contributed by atoms with Crippen LogP contribution in [-0.2, 0) is 5.41 Å². The van der Waals surface area contributed by atoms with Gasteiger partial charge in [0.25, 0.3) is 0 Å². The fourth-order valence-corrected chi connectivity index (χ4v) is 2.77. The Morgan fingerprint density at radius 1 is 1.06 bits per heavy atom. The minimum atomic E-state index is -0.222. The molecule has 0 saturated heterocycles. The standard InChI is InChI=1S/C16H14ClF/c1-16(9-10-16)14-4-2-3-13(15(14)17)11-5-7-12(18)8-6-11/h2-8H,9-10H2,1H3. The third-order valence-electron chi connectivity index (χ3n) is 3.80. The Morgan fingerprint density at radius 2 is 1.72 bits per heavy atom. The Morgan fingerprint density at radius 3 is 2.33 bits per heavy atom. The lowest BCUT2D eigenvalue weighted by atomic mass is 9.94. The second kappa shape index (κ2) is 4.10. The summed E-state index contributed by atoms with van der Waals surface area (Å²) in [6.07, 6.45) is 2.39. The predicted octanol–water partition coefficient (Wildman–Crippen LogP) is 5.20. The van der Waals surface area contributed by atoms with Crippen LogP contribution in [0, 0.1) is 5.82 Å². The van der Waals surface area contributed by atoms with Crippen molar-refractivity contribution in [3.63, 3.8) is 0 Å². The van der Waals surface area contributed by atoms with Gasteiger partial charge in [-0.25, -0.2) is 4.39 Å². The Balaban J connectivity index is 2.10. The van der Waals surface area contributed by atoms with Gasteiger partial charge in [-0.3, -0.25) is 0 Å². The second-order valence-electron chi connectivity index (χ2n) is 5.23. The average Bonchev–Trinajstić information content (AvgIpc) is 3.10. The number of halogens is 2. The van der Waals surface area contributed by atoms with Crippen molar-refractivity contribution < 1.29 is 4.39 Å². The van der Waals surface area contributed by atoms with Gasteiger partial charge in [0.2, 0.25) is 0 Å². The van der Waals surface area contributed by atoms with Crippen molar-refractivity contribution in [2.45, 2.75) is 25.2 Å². The molecule has 1 aliphatic rings. The normalized spacial score (nSPS) is 16.6. The molecule has 92 valence electrons. The second-order valence-corrected chi connectivity index (χ2v) is 5.61. The maximum Gasteiger partial charge on any atom is 0.123 e. The zero-order valence-electron chi connectivity index (χ0n) is 10.2. The number of rotatable bonds is 2. The van der Waals surface area contributed by atoms with E-state index >= 15 is 0 Å². The quantitative estimate of drug-likeness (QED) is 0.696. The average molecular weight is 261 g/mol. The van der Waals surface area contributed by atoms with Gasteiger partial charge in [0.1, 0.15) is 5.82 Å². The summed E-state index contributed by atoms with van der Waals surface area (Å²) < 4.78 is 12.9. The summed E-state index contributed by atoms with van der Waals surface area (Å²) in [7, 11) is 0. The van der Waals surface area contributed by atoms with Crippen LogP contribution < -0.4 is 0 Å². The Bertz CT molecular complexity index is 583. The van der Waals surface area contributed by atoms with Gasteiger partial charge in [0, 0.05) is 5.56 Å². The van der Waals surface area contributed by atoms with Crippen LogP contribution in [0.25, 0.3) is 11.1 Å². The molecule has 0 amide bonds. The van der Waals surface area contributed by atoms with Crippen molar-refractivity contribution in [3.05, 3.63) is 58.9 Å². The molecule has 0 radical (unpaired) electrons. The smallest absolute Gasteiger partial charge is 0.123 e. The molecule has 0 heterocycles. The summed E-state index contributed by atoms with van der Waals surface area (Å²) in [6, 6.07) is 12.6. The van der Waals surface area contributed by atoms with Crippen molar-refractivity contribution >= 4 is 11.6 Å². The first-order valence-corrected chi connectivity index (χ1v) is 6.53. The van der Waals surface area contributed by atoms with Gasteiger partial charge >= 0.3 is 0 Å². The molecule has 2 aromatic carbocycles. The molecule has 2 aromatic rings. The molecule has 0 aromatic heterocycles. The van der Waals surface area contributed by atoms with Crippen LogP contribution in [0.3, 0.4) is 0 Å². The van der Waals surface area contributed by atoms with Gasteiger partial charge in [-0.05, 0) is 41.5 Å². The third kappa shape index (κ3) is 1.93. The zero-order chi connectivity index (χ0) is 12.8. The van der Waals surface area contributed by atoms with Crippen LogP contribution in [0.4, 0.5) is 4.39 Å². The lowest BCUT2D eigenvalue weighted by molar-refractivity contribution is 0.628. The van der Waals surface area contributed by atoms with Gasteiger partial charge in [-0.1, -0.05) is 48.9 Å². The van der Waals surface area contributed by atoms with Crippen molar-refractivity contribution in [2.75, 3.05) is 0 Å². The highest BCUT2D eigenvalue weighted by Crippen LogP contribution is 2.51. The Hall–Kier alpha value is -1.34. The highest BCUT2D eigenvalue weighted by Gasteiger charge is 2.40. The molecule has 18 heavy (non-hydrogen) atoms. The summed E-state index contributed by atoms with van der Waals surface area (Å²) in [6.45, 7) is 2.24. The van der Waals surface area contributed by atoms with E-state index in [9.17, 15) is 4.39 Å². The van der Waals surface area contributed by atoms with E-state index in [1.807, 2.05) is 12.1 Å². The highest BCUT2D eigenvalue weighted by atomic mass is 35.5. The molecular formula is C16H14ClF. The summed E-state index contributed by atoms with van der Waals surface area (Å²) in [5.74, 6) is -0.222. The van der Waals surface area contributed by atoms with Crippen LogP contribution in [0.5, 0.6) is 0 Å². The van der Waals surface area contributed by atoms with Crippen LogP contribution in [0.15, 0.2) is 42.5 Å². The first-order chi connectivity index (χ1) is 8.60. The largest absolute Gasteiger partial charge is 0.207 e. The third-order valence-corrected chi connectivity index (χ3v) is 4.21. The molecule has 0 unspecified atom stereocenters. The van der Waals surface area contributed by atoms with Crippen molar-refractivity contribution in [3.8, 4) is 11.1 Å². The summed E-state index contributed by atoms with van der Waals surface area (Å²) in [4.78, 5) is 0. The van der Waals surface area contributed by atoms with Gasteiger partial charge < -0.3 is 0 Å².